The lowest BCUT2D eigenvalue weighted by Gasteiger charge is -2.23. The van der Waals surface area contributed by atoms with E-state index in [-0.39, 0.29) is 16.3 Å². The molecule has 0 aliphatic carbocycles. The fraction of sp³-hybridized carbons (Fsp3) is 0.0556. The van der Waals surface area contributed by atoms with Crippen LogP contribution in [0.2, 0.25) is 0 Å². The zero-order valence-electron chi connectivity index (χ0n) is 14.0. The standard InChI is InChI=1S/C18H15N3O5S/c19-18(22)12-20(15-9-8-13-4-1-2-5-14(13)10-15)27(25,26)17-7-3-6-16(11-17)21(23)24/h1-11H,12H2,(H2,19,22). The van der Waals surface area contributed by atoms with Crippen LogP contribution in [0.5, 0.6) is 0 Å². The van der Waals surface area contributed by atoms with Crippen molar-refractivity contribution in [2.45, 2.75) is 4.90 Å². The number of carbonyl (C=O) groups is 1. The maximum Gasteiger partial charge on any atom is 0.270 e. The fourth-order valence-electron chi connectivity index (χ4n) is 2.67. The summed E-state index contributed by atoms with van der Waals surface area (Å²) in [5.41, 5.74) is 5.11. The van der Waals surface area contributed by atoms with Gasteiger partial charge in [-0.25, -0.2) is 8.42 Å². The van der Waals surface area contributed by atoms with Crippen molar-refractivity contribution in [3.63, 3.8) is 0 Å². The summed E-state index contributed by atoms with van der Waals surface area (Å²) in [4.78, 5) is 21.5. The lowest BCUT2D eigenvalue weighted by molar-refractivity contribution is -0.385. The Morgan fingerprint density at radius 2 is 1.70 bits per heavy atom. The molecule has 0 spiro atoms. The van der Waals surface area contributed by atoms with Gasteiger partial charge in [0.25, 0.3) is 15.7 Å². The number of nitrogens with zero attached hydrogens (tertiary/aromatic N) is 2. The molecule has 0 fully saturated rings. The van der Waals surface area contributed by atoms with Crippen molar-refractivity contribution in [2.75, 3.05) is 10.8 Å². The van der Waals surface area contributed by atoms with Gasteiger partial charge in [-0.05, 0) is 29.0 Å². The number of carbonyl (C=O) groups excluding carboxylic acids is 1. The Morgan fingerprint density at radius 1 is 1.00 bits per heavy atom. The van der Waals surface area contributed by atoms with E-state index < -0.39 is 27.4 Å². The highest BCUT2D eigenvalue weighted by molar-refractivity contribution is 7.92. The van der Waals surface area contributed by atoms with Gasteiger partial charge in [-0.15, -0.1) is 0 Å². The SMILES string of the molecule is NC(=O)CN(c1ccc2ccccc2c1)S(=O)(=O)c1cccc([N+](=O)[O-])c1. The van der Waals surface area contributed by atoms with Gasteiger partial charge < -0.3 is 5.73 Å². The summed E-state index contributed by atoms with van der Waals surface area (Å²) >= 11 is 0. The van der Waals surface area contributed by atoms with Crippen LogP contribution in [0.3, 0.4) is 0 Å². The van der Waals surface area contributed by atoms with E-state index in [0.29, 0.717) is 0 Å². The van der Waals surface area contributed by atoms with E-state index in [0.717, 1.165) is 21.1 Å². The first kappa shape index (κ1) is 18.3. The highest BCUT2D eigenvalue weighted by atomic mass is 32.2. The lowest BCUT2D eigenvalue weighted by Crippen LogP contribution is -2.38. The number of nitro benzene ring substituents is 1. The first-order chi connectivity index (χ1) is 12.8. The Morgan fingerprint density at radius 3 is 2.37 bits per heavy atom. The number of benzene rings is 3. The molecule has 0 aromatic heterocycles. The van der Waals surface area contributed by atoms with Crippen molar-refractivity contribution in [2.24, 2.45) is 5.73 Å². The Bertz CT molecular complexity index is 1140. The monoisotopic (exact) mass is 385 g/mol. The number of non-ortho nitro benzene ring substituents is 1. The highest BCUT2D eigenvalue weighted by Gasteiger charge is 2.28. The average Bonchev–Trinajstić information content (AvgIpc) is 2.65. The Balaban J connectivity index is 2.14. The predicted molar refractivity (Wildman–Crippen MR) is 101 cm³/mol. The summed E-state index contributed by atoms with van der Waals surface area (Å²) in [6.07, 6.45) is 0. The van der Waals surface area contributed by atoms with Gasteiger partial charge in [-0.1, -0.05) is 36.4 Å². The number of nitrogens with two attached hydrogens (primary N) is 1. The molecule has 0 bridgehead atoms. The molecule has 0 aliphatic rings. The van der Waals surface area contributed by atoms with Crippen LogP contribution < -0.4 is 10.0 Å². The molecule has 3 rings (SSSR count). The summed E-state index contributed by atoms with van der Waals surface area (Å²) in [7, 11) is -4.25. The summed E-state index contributed by atoms with van der Waals surface area (Å²) in [6, 6.07) is 16.9. The van der Waals surface area contributed by atoms with E-state index in [1.807, 2.05) is 12.1 Å². The van der Waals surface area contributed by atoms with Gasteiger partial charge in [0.2, 0.25) is 5.91 Å². The normalized spacial score (nSPS) is 11.3. The summed E-state index contributed by atoms with van der Waals surface area (Å²) in [5.74, 6) is -0.850. The summed E-state index contributed by atoms with van der Waals surface area (Å²) in [6.45, 7) is -0.594. The van der Waals surface area contributed by atoms with Crippen LogP contribution in [0.4, 0.5) is 11.4 Å². The molecule has 3 aromatic carbocycles. The number of amides is 1. The van der Waals surface area contributed by atoms with Gasteiger partial charge in [-0.3, -0.25) is 19.2 Å². The molecule has 0 saturated carbocycles. The number of anilines is 1. The van der Waals surface area contributed by atoms with E-state index in [9.17, 15) is 23.3 Å². The second-order valence-electron chi connectivity index (χ2n) is 5.76. The Hall–Kier alpha value is -3.46. The lowest BCUT2D eigenvalue weighted by atomic mass is 10.1. The van der Waals surface area contributed by atoms with Gasteiger partial charge in [0, 0.05) is 12.1 Å². The zero-order valence-corrected chi connectivity index (χ0v) is 14.8. The number of nitro groups is 1. The minimum Gasteiger partial charge on any atom is -0.368 e. The molecule has 0 aliphatic heterocycles. The molecule has 0 radical (unpaired) electrons. The van der Waals surface area contributed by atoms with Crippen molar-refractivity contribution >= 4 is 38.1 Å². The van der Waals surface area contributed by atoms with Crippen molar-refractivity contribution in [3.05, 3.63) is 76.8 Å². The van der Waals surface area contributed by atoms with E-state index in [1.54, 1.807) is 30.3 Å². The number of primary amides is 1. The van der Waals surface area contributed by atoms with Crippen LogP contribution >= 0.6 is 0 Å². The van der Waals surface area contributed by atoms with Gasteiger partial charge >= 0.3 is 0 Å². The number of rotatable bonds is 6. The smallest absolute Gasteiger partial charge is 0.270 e. The predicted octanol–water partition coefficient (Wildman–Crippen LogP) is 2.43. The average molecular weight is 385 g/mol. The third kappa shape index (κ3) is 3.72. The molecular weight excluding hydrogens is 370 g/mol. The number of fused-ring (bicyclic) bond motifs is 1. The van der Waals surface area contributed by atoms with Crippen molar-refractivity contribution in [1.82, 2.24) is 0 Å². The van der Waals surface area contributed by atoms with Crippen LogP contribution in [-0.4, -0.2) is 25.8 Å². The molecule has 2 N–H and O–H groups in total. The molecule has 0 unspecified atom stereocenters. The molecule has 8 nitrogen and oxygen atoms in total. The van der Waals surface area contributed by atoms with Crippen LogP contribution in [0, 0.1) is 10.1 Å². The van der Waals surface area contributed by atoms with Gasteiger partial charge in [0.05, 0.1) is 15.5 Å². The molecule has 0 atom stereocenters. The topological polar surface area (TPSA) is 124 Å². The van der Waals surface area contributed by atoms with Crippen molar-refractivity contribution in [1.29, 1.82) is 0 Å². The number of hydrogen-bond acceptors (Lipinski definition) is 5. The molecule has 0 saturated heterocycles. The summed E-state index contributed by atoms with van der Waals surface area (Å²) in [5, 5.41) is 12.6. The largest absolute Gasteiger partial charge is 0.368 e. The van der Waals surface area contributed by atoms with E-state index >= 15 is 0 Å². The van der Waals surface area contributed by atoms with Crippen molar-refractivity contribution < 1.29 is 18.1 Å². The number of sulfonamides is 1. The maximum absolute atomic E-state index is 13.1. The third-order valence-electron chi connectivity index (χ3n) is 3.94. The van der Waals surface area contributed by atoms with Gasteiger partial charge in [-0.2, -0.15) is 0 Å². The molecule has 27 heavy (non-hydrogen) atoms. The highest BCUT2D eigenvalue weighted by Crippen LogP contribution is 2.28. The van der Waals surface area contributed by atoms with Gasteiger partial charge in [0.1, 0.15) is 6.54 Å². The molecule has 9 heteroatoms. The van der Waals surface area contributed by atoms with Crippen molar-refractivity contribution in [3.8, 4) is 0 Å². The minimum absolute atomic E-state index is 0.235. The minimum atomic E-state index is -4.25. The van der Waals surface area contributed by atoms with Crippen LogP contribution in [0.25, 0.3) is 10.8 Å². The quantitative estimate of drug-likeness (QED) is 0.515. The second-order valence-corrected chi connectivity index (χ2v) is 7.63. The molecule has 138 valence electrons. The van der Waals surface area contributed by atoms with Crippen LogP contribution in [0.15, 0.2) is 71.6 Å². The van der Waals surface area contributed by atoms with Crippen LogP contribution in [0.1, 0.15) is 0 Å². The Kier molecular flexibility index (Phi) is 4.78. The molecule has 1 amide bonds. The first-order valence-electron chi connectivity index (χ1n) is 7.83. The maximum atomic E-state index is 13.1. The second kappa shape index (κ2) is 7.04. The zero-order chi connectivity index (χ0) is 19.6. The van der Waals surface area contributed by atoms with Gasteiger partial charge in [0.15, 0.2) is 0 Å². The Labute approximate surface area is 155 Å². The van der Waals surface area contributed by atoms with Crippen LogP contribution in [-0.2, 0) is 14.8 Å². The van der Waals surface area contributed by atoms with E-state index in [1.165, 1.54) is 18.2 Å². The molecular formula is C18H15N3O5S. The first-order valence-corrected chi connectivity index (χ1v) is 9.27. The third-order valence-corrected chi connectivity index (χ3v) is 5.71. The number of hydrogen-bond donors (Lipinski definition) is 1. The van der Waals surface area contributed by atoms with E-state index in [2.05, 4.69) is 0 Å². The van der Waals surface area contributed by atoms with E-state index in [4.69, 9.17) is 5.73 Å². The fourth-order valence-corrected chi connectivity index (χ4v) is 4.14. The molecule has 3 aromatic rings. The molecule has 0 heterocycles. The summed E-state index contributed by atoms with van der Waals surface area (Å²) < 4.78 is 27.0.